The van der Waals surface area contributed by atoms with Crippen LogP contribution < -0.4 is 25.0 Å². The average molecular weight is 648 g/mol. The fraction of sp³-hybridized carbons (Fsp3) is 0.379. The SMILES string of the molecule is CNC(C)C(=O)NC1CCN(S(C)(=O)=O)CCOc2ccccc2N(Cc2c(OC)ccc3cc(Br)ccc23)C1=O. The molecule has 0 spiro atoms. The molecule has 12 heteroatoms. The number of ether oxygens (including phenoxy) is 2. The lowest BCUT2D eigenvalue weighted by molar-refractivity contribution is -0.128. The highest BCUT2D eigenvalue weighted by atomic mass is 79.9. The summed E-state index contributed by atoms with van der Waals surface area (Å²) in [6.07, 6.45) is 1.20. The molecule has 0 fully saturated rings. The molecule has 0 radical (unpaired) electrons. The number of benzene rings is 3. The Hall–Kier alpha value is -3.19. The van der Waals surface area contributed by atoms with Crippen LogP contribution in [0.2, 0.25) is 0 Å². The number of carbonyl (C=O) groups excluding carboxylic acids is 2. The van der Waals surface area contributed by atoms with Gasteiger partial charge in [0.15, 0.2) is 0 Å². The Balaban J connectivity index is 1.86. The Morgan fingerprint density at radius 2 is 1.93 bits per heavy atom. The van der Waals surface area contributed by atoms with Crippen LogP contribution in [-0.4, -0.2) is 76.7 Å². The number of methoxy groups -OCH3 is 1. The summed E-state index contributed by atoms with van der Waals surface area (Å²) in [6.45, 7) is 2.02. The van der Waals surface area contributed by atoms with E-state index in [1.165, 1.54) is 4.31 Å². The Morgan fingerprint density at radius 3 is 2.63 bits per heavy atom. The van der Waals surface area contributed by atoms with Gasteiger partial charge >= 0.3 is 0 Å². The first kappa shape index (κ1) is 30.8. The topological polar surface area (TPSA) is 117 Å². The number of nitrogens with one attached hydrogen (secondary N) is 2. The van der Waals surface area contributed by atoms with E-state index in [9.17, 15) is 18.0 Å². The zero-order chi connectivity index (χ0) is 29.7. The molecule has 0 aromatic heterocycles. The quantitative estimate of drug-likeness (QED) is 0.405. The zero-order valence-corrected chi connectivity index (χ0v) is 25.9. The van der Waals surface area contributed by atoms with Crippen LogP contribution >= 0.6 is 15.9 Å². The number of para-hydroxylation sites is 2. The molecule has 1 heterocycles. The van der Waals surface area contributed by atoms with Crippen LogP contribution in [0.25, 0.3) is 10.8 Å². The highest BCUT2D eigenvalue weighted by molar-refractivity contribution is 9.10. The van der Waals surface area contributed by atoms with Gasteiger partial charge in [0.1, 0.15) is 24.1 Å². The van der Waals surface area contributed by atoms with Crippen LogP contribution in [0.1, 0.15) is 18.9 Å². The Morgan fingerprint density at radius 1 is 1.17 bits per heavy atom. The van der Waals surface area contributed by atoms with Crippen LogP contribution in [0, 0.1) is 0 Å². The summed E-state index contributed by atoms with van der Waals surface area (Å²) in [5.74, 6) is 0.257. The van der Waals surface area contributed by atoms with Crippen molar-refractivity contribution < 1.29 is 27.5 Å². The molecule has 1 aliphatic rings. The Bertz CT molecular complexity index is 1530. The molecule has 2 atom stereocenters. The standard InChI is InChI=1S/C29H35BrN4O6S/c1-19(31-2)28(35)32-24-13-14-33(41(4,37)38)15-16-40-27-8-6-5-7-25(27)34(29(24)36)18-23-22-11-10-21(30)17-20(22)9-12-26(23)39-3/h5-12,17,19,24,31H,13-16,18H2,1-4H3,(H,32,35). The molecule has 0 saturated heterocycles. The van der Waals surface area contributed by atoms with Gasteiger partial charge in [-0.15, -0.1) is 0 Å². The predicted octanol–water partition coefficient (Wildman–Crippen LogP) is 3.28. The molecule has 3 aromatic rings. The number of likely N-dealkylation sites (N-methyl/N-ethyl adjacent to an activating group) is 1. The molecule has 2 unspecified atom stereocenters. The van der Waals surface area contributed by atoms with E-state index in [1.807, 2.05) is 30.3 Å². The summed E-state index contributed by atoms with van der Waals surface area (Å²) >= 11 is 3.53. The molecule has 3 aromatic carbocycles. The van der Waals surface area contributed by atoms with Crippen LogP contribution in [0.3, 0.4) is 0 Å². The van der Waals surface area contributed by atoms with Crippen molar-refractivity contribution in [3.8, 4) is 11.5 Å². The molecular formula is C29H35BrN4O6S. The summed E-state index contributed by atoms with van der Waals surface area (Å²) in [5.41, 5.74) is 1.28. The molecule has 0 bridgehead atoms. The van der Waals surface area contributed by atoms with Crippen molar-refractivity contribution in [1.82, 2.24) is 14.9 Å². The van der Waals surface area contributed by atoms with E-state index in [0.29, 0.717) is 17.2 Å². The number of halogens is 1. The molecule has 4 rings (SSSR count). The maximum Gasteiger partial charge on any atom is 0.250 e. The molecule has 1 aliphatic heterocycles. The van der Waals surface area contributed by atoms with E-state index >= 15 is 0 Å². The fourth-order valence-electron chi connectivity index (χ4n) is 4.79. The number of anilines is 1. The lowest BCUT2D eigenvalue weighted by atomic mass is 10.0. The van der Waals surface area contributed by atoms with Gasteiger partial charge in [0.2, 0.25) is 21.8 Å². The third-order valence-corrected chi connectivity index (χ3v) is 8.98. The Kier molecular flexibility index (Phi) is 9.90. The number of rotatable bonds is 7. The van der Waals surface area contributed by atoms with Gasteiger partial charge in [0, 0.05) is 23.1 Å². The van der Waals surface area contributed by atoms with Crippen LogP contribution in [0.15, 0.2) is 59.1 Å². The second kappa shape index (κ2) is 13.2. The second-order valence-electron chi connectivity index (χ2n) is 9.87. The number of hydrogen-bond donors (Lipinski definition) is 2. The van der Waals surface area contributed by atoms with Crippen LogP contribution in [0.5, 0.6) is 11.5 Å². The zero-order valence-electron chi connectivity index (χ0n) is 23.5. The summed E-state index contributed by atoms with van der Waals surface area (Å²) in [4.78, 5) is 29.0. The highest BCUT2D eigenvalue weighted by Crippen LogP contribution is 2.36. The smallest absolute Gasteiger partial charge is 0.250 e. The number of fused-ring (bicyclic) bond motifs is 2. The first-order valence-corrected chi connectivity index (χ1v) is 15.9. The predicted molar refractivity (Wildman–Crippen MR) is 163 cm³/mol. The van der Waals surface area contributed by atoms with Gasteiger partial charge in [-0.2, -0.15) is 4.31 Å². The molecule has 41 heavy (non-hydrogen) atoms. The van der Waals surface area contributed by atoms with E-state index < -0.39 is 28.0 Å². The minimum atomic E-state index is -3.59. The normalized spacial score (nSPS) is 17.7. The van der Waals surface area contributed by atoms with Gasteiger partial charge in [-0.05, 0) is 61.5 Å². The molecular weight excluding hydrogens is 612 g/mol. The number of sulfonamides is 1. The van der Waals surface area contributed by atoms with Crippen molar-refractivity contribution in [2.45, 2.75) is 32.0 Å². The van der Waals surface area contributed by atoms with Gasteiger partial charge in [0.05, 0.1) is 31.6 Å². The number of nitrogens with zero attached hydrogens (tertiary/aromatic N) is 2. The number of carbonyl (C=O) groups is 2. The first-order valence-electron chi connectivity index (χ1n) is 13.2. The lowest BCUT2D eigenvalue weighted by Crippen LogP contribution is -2.53. The first-order chi connectivity index (χ1) is 19.5. The number of amides is 2. The van der Waals surface area contributed by atoms with Crippen molar-refractivity contribution in [3.63, 3.8) is 0 Å². The van der Waals surface area contributed by atoms with E-state index in [4.69, 9.17) is 9.47 Å². The van der Waals surface area contributed by atoms with Crippen molar-refractivity contribution in [2.24, 2.45) is 0 Å². The lowest BCUT2D eigenvalue weighted by Gasteiger charge is -2.30. The van der Waals surface area contributed by atoms with Gasteiger partial charge in [-0.3, -0.25) is 9.59 Å². The van der Waals surface area contributed by atoms with E-state index in [2.05, 4.69) is 26.6 Å². The van der Waals surface area contributed by atoms with E-state index in [0.717, 1.165) is 27.1 Å². The minimum Gasteiger partial charge on any atom is -0.496 e. The van der Waals surface area contributed by atoms with E-state index in [-0.39, 0.29) is 38.6 Å². The summed E-state index contributed by atoms with van der Waals surface area (Å²) in [7, 11) is -0.356. The molecule has 0 aliphatic carbocycles. The number of hydrogen-bond acceptors (Lipinski definition) is 7. The summed E-state index contributed by atoms with van der Waals surface area (Å²) in [6, 6.07) is 15.3. The monoisotopic (exact) mass is 646 g/mol. The van der Waals surface area contributed by atoms with Crippen molar-refractivity contribution >= 4 is 54.2 Å². The van der Waals surface area contributed by atoms with Gasteiger partial charge < -0.3 is 25.0 Å². The third kappa shape index (κ3) is 7.18. The maximum absolute atomic E-state index is 14.5. The minimum absolute atomic E-state index is 0.0304. The molecule has 220 valence electrons. The van der Waals surface area contributed by atoms with Gasteiger partial charge in [-0.1, -0.05) is 40.2 Å². The van der Waals surface area contributed by atoms with Crippen molar-refractivity contribution in [2.75, 3.05) is 45.0 Å². The van der Waals surface area contributed by atoms with Gasteiger partial charge in [0.25, 0.3) is 0 Å². The highest BCUT2D eigenvalue weighted by Gasteiger charge is 2.33. The van der Waals surface area contributed by atoms with Crippen LogP contribution in [-0.2, 0) is 26.2 Å². The molecule has 10 nitrogen and oxygen atoms in total. The average Bonchev–Trinajstić information content (AvgIpc) is 2.97. The third-order valence-electron chi connectivity index (χ3n) is 7.18. The molecule has 2 amide bonds. The Labute approximate surface area is 249 Å². The summed E-state index contributed by atoms with van der Waals surface area (Å²) in [5, 5.41) is 7.60. The molecule has 0 saturated carbocycles. The largest absolute Gasteiger partial charge is 0.496 e. The molecule has 2 N–H and O–H groups in total. The summed E-state index contributed by atoms with van der Waals surface area (Å²) < 4.78 is 39.0. The van der Waals surface area contributed by atoms with Gasteiger partial charge in [-0.25, -0.2) is 8.42 Å². The fourth-order valence-corrected chi connectivity index (χ4v) is 6.01. The van der Waals surface area contributed by atoms with Crippen molar-refractivity contribution in [3.05, 3.63) is 64.6 Å². The maximum atomic E-state index is 14.5. The van der Waals surface area contributed by atoms with E-state index in [1.54, 1.807) is 50.2 Å². The van der Waals surface area contributed by atoms with Crippen molar-refractivity contribution in [1.29, 1.82) is 0 Å². The second-order valence-corrected chi connectivity index (χ2v) is 12.8. The van der Waals surface area contributed by atoms with Crippen LogP contribution in [0.4, 0.5) is 5.69 Å².